The zero-order chi connectivity index (χ0) is 31.8. The Hall–Kier alpha value is -5.17. The second kappa shape index (κ2) is 14.3. The molecule has 0 fully saturated rings. The molecule has 0 aliphatic rings. The molecule has 2 aromatic heterocycles. The Morgan fingerprint density at radius 3 is 2.23 bits per heavy atom. The fraction of sp³-hybridized carbons (Fsp3) is 0.323. The number of para-hydroxylation sites is 1. The number of imidazole rings is 1. The summed E-state index contributed by atoms with van der Waals surface area (Å²) >= 11 is 0. The maximum absolute atomic E-state index is 13.7. The number of carbonyl (C=O) groups is 4. The lowest BCUT2D eigenvalue weighted by molar-refractivity contribution is -0.142. The van der Waals surface area contributed by atoms with Crippen LogP contribution in [-0.4, -0.2) is 73.0 Å². The van der Waals surface area contributed by atoms with E-state index in [2.05, 4.69) is 30.9 Å². The average Bonchev–Trinajstić information content (AvgIpc) is 3.66. The van der Waals surface area contributed by atoms with E-state index in [-0.39, 0.29) is 25.0 Å². The summed E-state index contributed by atoms with van der Waals surface area (Å²) in [4.78, 5) is 62.2. The Morgan fingerprint density at radius 1 is 0.864 bits per heavy atom. The maximum Gasteiger partial charge on any atom is 0.326 e. The summed E-state index contributed by atoms with van der Waals surface area (Å²) in [6.45, 7) is 3.43. The van der Waals surface area contributed by atoms with Gasteiger partial charge in [-0.25, -0.2) is 9.78 Å². The fourth-order valence-corrected chi connectivity index (χ4v) is 4.85. The number of carboxylic acids is 1. The first-order valence-electron chi connectivity index (χ1n) is 14.2. The topological polar surface area (TPSA) is 215 Å². The smallest absolute Gasteiger partial charge is 0.326 e. The van der Waals surface area contributed by atoms with Gasteiger partial charge in [-0.2, -0.15) is 0 Å². The number of carboxylic acid groups (broad SMARTS) is 1. The minimum Gasteiger partial charge on any atom is -0.508 e. The van der Waals surface area contributed by atoms with Crippen molar-refractivity contribution >= 4 is 34.6 Å². The van der Waals surface area contributed by atoms with Crippen molar-refractivity contribution < 1.29 is 29.4 Å². The number of hydrogen-bond donors (Lipinski definition) is 8. The van der Waals surface area contributed by atoms with Crippen LogP contribution in [0, 0.1) is 5.92 Å². The number of phenols is 1. The molecule has 0 aliphatic carbocycles. The number of rotatable bonds is 14. The Kier molecular flexibility index (Phi) is 10.3. The molecule has 0 bridgehead atoms. The van der Waals surface area contributed by atoms with Crippen LogP contribution < -0.4 is 21.7 Å². The molecule has 0 radical (unpaired) electrons. The lowest BCUT2D eigenvalue weighted by Gasteiger charge is -2.27. The molecule has 2 heterocycles. The maximum atomic E-state index is 13.7. The number of benzene rings is 2. The van der Waals surface area contributed by atoms with Crippen molar-refractivity contribution in [2.24, 2.45) is 11.7 Å². The van der Waals surface area contributed by atoms with Gasteiger partial charge >= 0.3 is 5.97 Å². The molecule has 0 saturated carbocycles. The highest BCUT2D eigenvalue weighted by Crippen LogP contribution is 2.20. The largest absolute Gasteiger partial charge is 0.508 e. The van der Waals surface area contributed by atoms with Gasteiger partial charge in [0, 0.05) is 48.3 Å². The van der Waals surface area contributed by atoms with Gasteiger partial charge in [-0.3, -0.25) is 14.4 Å². The lowest BCUT2D eigenvalue weighted by Crippen LogP contribution is -2.59. The number of aromatic amines is 2. The number of phenolic OH excluding ortho intramolecular Hbond substituents is 1. The molecular formula is C31H37N7O6. The normalized spacial score (nSPS) is 14.0. The molecule has 13 heteroatoms. The number of H-pyrrole nitrogens is 2. The van der Waals surface area contributed by atoms with E-state index in [4.69, 9.17) is 5.73 Å². The van der Waals surface area contributed by atoms with E-state index >= 15 is 0 Å². The van der Waals surface area contributed by atoms with Gasteiger partial charge in [-0.15, -0.1) is 0 Å². The second-order valence-corrected chi connectivity index (χ2v) is 11.0. The molecule has 4 unspecified atom stereocenters. The zero-order valence-corrected chi connectivity index (χ0v) is 24.4. The quantitative estimate of drug-likeness (QED) is 0.104. The van der Waals surface area contributed by atoms with Crippen molar-refractivity contribution in [3.05, 3.63) is 84.1 Å². The van der Waals surface area contributed by atoms with Gasteiger partial charge in [-0.1, -0.05) is 44.2 Å². The number of nitrogens with two attached hydrogens (primary N) is 1. The number of aliphatic carboxylic acids is 1. The molecule has 232 valence electrons. The Morgan fingerprint density at radius 2 is 1.57 bits per heavy atom. The van der Waals surface area contributed by atoms with E-state index in [1.54, 1.807) is 38.4 Å². The predicted molar refractivity (Wildman–Crippen MR) is 162 cm³/mol. The van der Waals surface area contributed by atoms with Gasteiger partial charge in [0.05, 0.1) is 12.4 Å². The number of aromatic hydroxyl groups is 1. The molecular weight excluding hydrogens is 566 g/mol. The molecule has 4 aromatic rings. The average molecular weight is 604 g/mol. The molecule has 4 rings (SSSR count). The highest BCUT2D eigenvalue weighted by molar-refractivity contribution is 5.95. The summed E-state index contributed by atoms with van der Waals surface area (Å²) in [5, 5.41) is 28.2. The van der Waals surface area contributed by atoms with Crippen LogP contribution in [0.2, 0.25) is 0 Å². The van der Waals surface area contributed by atoms with E-state index in [0.29, 0.717) is 11.3 Å². The Labute approximate surface area is 253 Å². The first-order chi connectivity index (χ1) is 21.0. The molecule has 3 amide bonds. The van der Waals surface area contributed by atoms with Gasteiger partial charge < -0.3 is 41.9 Å². The molecule has 0 aliphatic heterocycles. The van der Waals surface area contributed by atoms with Gasteiger partial charge in [0.15, 0.2) is 0 Å². The fourth-order valence-electron chi connectivity index (χ4n) is 4.85. The summed E-state index contributed by atoms with van der Waals surface area (Å²) in [6, 6.07) is 9.04. The number of nitrogens with one attached hydrogen (secondary N) is 5. The van der Waals surface area contributed by atoms with Gasteiger partial charge in [0.1, 0.15) is 23.9 Å². The van der Waals surface area contributed by atoms with Crippen molar-refractivity contribution in [3.63, 3.8) is 0 Å². The summed E-state index contributed by atoms with van der Waals surface area (Å²) < 4.78 is 0. The van der Waals surface area contributed by atoms with Crippen molar-refractivity contribution in [1.29, 1.82) is 0 Å². The number of nitrogens with zero attached hydrogens (tertiary/aromatic N) is 1. The van der Waals surface area contributed by atoms with Gasteiger partial charge in [0.2, 0.25) is 17.7 Å². The summed E-state index contributed by atoms with van der Waals surface area (Å²) in [7, 11) is 0. The van der Waals surface area contributed by atoms with Crippen LogP contribution in [0.4, 0.5) is 0 Å². The Balaban J connectivity index is 1.51. The molecule has 9 N–H and O–H groups in total. The summed E-state index contributed by atoms with van der Waals surface area (Å²) in [5.74, 6) is -3.52. The van der Waals surface area contributed by atoms with Crippen LogP contribution in [-0.2, 0) is 38.4 Å². The van der Waals surface area contributed by atoms with E-state index in [1.165, 1.54) is 18.5 Å². The van der Waals surface area contributed by atoms with Crippen molar-refractivity contribution in [2.75, 3.05) is 0 Å². The molecule has 0 spiro atoms. The highest BCUT2D eigenvalue weighted by Gasteiger charge is 2.32. The van der Waals surface area contributed by atoms with E-state index < -0.39 is 53.8 Å². The minimum atomic E-state index is -1.28. The molecule has 0 saturated heterocycles. The van der Waals surface area contributed by atoms with Gasteiger partial charge in [0.25, 0.3) is 0 Å². The lowest BCUT2D eigenvalue weighted by atomic mass is 9.99. The zero-order valence-electron chi connectivity index (χ0n) is 24.4. The van der Waals surface area contributed by atoms with Crippen LogP contribution in [0.1, 0.15) is 30.7 Å². The third kappa shape index (κ3) is 8.22. The number of fused-ring (bicyclic) bond motifs is 1. The number of carbonyl (C=O) groups excluding carboxylic acids is 3. The third-order valence-electron chi connectivity index (χ3n) is 7.30. The van der Waals surface area contributed by atoms with Crippen LogP contribution in [0.15, 0.2) is 67.3 Å². The number of amides is 3. The highest BCUT2D eigenvalue weighted by atomic mass is 16.4. The first kappa shape index (κ1) is 31.8. The van der Waals surface area contributed by atoms with Crippen LogP contribution in [0.3, 0.4) is 0 Å². The third-order valence-corrected chi connectivity index (χ3v) is 7.30. The van der Waals surface area contributed by atoms with E-state index in [1.807, 2.05) is 24.3 Å². The monoisotopic (exact) mass is 603 g/mol. The molecule has 44 heavy (non-hydrogen) atoms. The predicted octanol–water partition coefficient (Wildman–Crippen LogP) is 1.15. The standard InChI is InChI=1S/C31H37N7O6/c1-17(2)27(30(42)37-26(31(43)44)11-18-7-9-21(39)10-8-18)38-29(41)25(12-19-14-34-24-6-4-3-5-22(19)24)36-28(40)23(32)13-20-15-33-16-35-20/h3-10,14-17,23,25-27,34,39H,11-13,32H2,1-2H3,(H,33,35)(H,36,40)(H,37,42)(H,38,41)(H,43,44). The van der Waals surface area contributed by atoms with Crippen molar-refractivity contribution in [2.45, 2.75) is 57.3 Å². The number of hydrogen-bond acceptors (Lipinski definition) is 7. The molecule has 13 nitrogen and oxygen atoms in total. The van der Waals surface area contributed by atoms with Crippen LogP contribution in [0.5, 0.6) is 5.75 Å². The molecule has 2 aromatic carbocycles. The SMILES string of the molecule is CC(C)C(NC(=O)C(Cc1c[nH]c2ccccc12)NC(=O)C(N)Cc1cnc[nH]1)C(=O)NC(Cc1ccc(O)cc1)C(=O)O. The number of aromatic nitrogens is 3. The van der Waals surface area contributed by atoms with Crippen LogP contribution >= 0.6 is 0 Å². The van der Waals surface area contributed by atoms with Gasteiger partial charge in [-0.05, 0) is 35.2 Å². The summed E-state index contributed by atoms with van der Waals surface area (Å²) in [6.07, 6.45) is 5.03. The van der Waals surface area contributed by atoms with Crippen molar-refractivity contribution in [3.8, 4) is 5.75 Å². The van der Waals surface area contributed by atoms with E-state index in [0.717, 1.165) is 16.5 Å². The van der Waals surface area contributed by atoms with E-state index in [9.17, 15) is 29.4 Å². The van der Waals surface area contributed by atoms with Crippen LogP contribution in [0.25, 0.3) is 10.9 Å². The minimum absolute atomic E-state index is 0.0313. The first-order valence-corrected chi connectivity index (χ1v) is 14.2. The molecule has 4 atom stereocenters. The Bertz CT molecular complexity index is 1580. The van der Waals surface area contributed by atoms with Crippen molar-refractivity contribution in [1.82, 2.24) is 30.9 Å². The summed E-state index contributed by atoms with van der Waals surface area (Å²) in [5.41, 5.74) is 9.02. The second-order valence-electron chi connectivity index (χ2n) is 11.0.